The van der Waals surface area contributed by atoms with Gasteiger partial charge in [0.2, 0.25) is 0 Å². The van der Waals surface area contributed by atoms with Gasteiger partial charge in [0.1, 0.15) is 0 Å². The Morgan fingerprint density at radius 2 is 2.36 bits per heavy atom. The molecule has 3 heteroatoms. The van der Waals surface area contributed by atoms with Gasteiger partial charge < -0.3 is 10.2 Å². The summed E-state index contributed by atoms with van der Waals surface area (Å²) in [5, 5.41) is 12.2. The normalized spacial score (nSPS) is 29.5. The Bertz CT molecular complexity index is 197. The summed E-state index contributed by atoms with van der Waals surface area (Å²) in [6.45, 7) is 7.78. The van der Waals surface area contributed by atoms with Crippen molar-refractivity contribution in [3.05, 3.63) is 0 Å². The molecule has 1 aliphatic heterocycles. The maximum Gasteiger partial charge on any atom is 0.0638 e. The minimum atomic E-state index is 0.365. The first-order chi connectivity index (χ1) is 6.76. The van der Waals surface area contributed by atoms with Gasteiger partial charge in [0.05, 0.1) is 12.5 Å². The first-order valence-corrected chi connectivity index (χ1v) is 5.61. The quantitative estimate of drug-likeness (QED) is 0.739. The van der Waals surface area contributed by atoms with Gasteiger partial charge >= 0.3 is 0 Å². The van der Waals surface area contributed by atoms with Gasteiger partial charge in [-0.2, -0.15) is 5.26 Å². The van der Waals surface area contributed by atoms with Gasteiger partial charge in [0.15, 0.2) is 0 Å². The Kier molecular flexibility index (Phi) is 4.92. The maximum absolute atomic E-state index is 8.70. The summed E-state index contributed by atoms with van der Waals surface area (Å²) in [6.07, 6.45) is 3.03. The number of nitrogens with zero attached hydrogens (tertiary/aromatic N) is 2. The Balaban J connectivity index is 2.46. The molecule has 1 N–H and O–H groups in total. The van der Waals surface area contributed by atoms with Crippen LogP contribution in [0.2, 0.25) is 0 Å². The predicted molar refractivity (Wildman–Crippen MR) is 58.0 cm³/mol. The van der Waals surface area contributed by atoms with E-state index in [0.29, 0.717) is 18.5 Å². The molecule has 0 spiro atoms. The molecule has 2 unspecified atom stereocenters. The van der Waals surface area contributed by atoms with Crippen LogP contribution in [0.1, 0.15) is 33.1 Å². The Morgan fingerprint density at radius 1 is 1.57 bits per heavy atom. The highest BCUT2D eigenvalue weighted by atomic mass is 15.2. The van der Waals surface area contributed by atoms with E-state index in [1.54, 1.807) is 0 Å². The SMILES string of the molecule is CCCN1CCC(C)NC(CC#N)C1. The summed E-state index contributed by atoms with van der Waals surface area (Å²) in [5.41, 5.74) is 0. The Morgan fingerprint density at radius 3 is 3.00 bits per heavy atom. The molecule has 0 aliphatic carbocycles. The van der Waals surface area contributed by atoms with Crippen molar-refractivity contribution in [2.75, 3.05) is 19.6 Å². The third kappa shape index (κ3) is 3.65. The van der Waals surface area contributed by atoms with Gasteiger partial charge in [0, 0.05) is 18.6 Å². The van der Waals surface area contributed by atoms with Crippen molar-refractivity contribution in [2.24, 2.45) is 0 Å². The first kappa shape index (κ1) is 11.5. The summed E-state index contributed by atoms with van der Waals surface area (Å²) in [4.78, 5) is 2.47. The molecule has 0 radical (unpaired) electrons. The van der Waals surface area contributed by atoms with Crippen LogP contribution in [0.25, 0.3) is 0 Å². The number of nitriles is 1. The van der Waals surface area contributed by atoms with Crippen LogP contribution in [0.3, 0.4) is 0 Å². The van der Waals surface area contributed by atoms with Crippen LogP contribution >= 0.6 is 0 Å². The van der Waals surface area contributed by atoms with E-state index in [1.807, 2.05) is 0 Å². The van der Waals surface area contributed by atoms with Crippen LogP contribution in [0.15, 0.2) is 0 Å². The highest BCUT2D eigenvalue weighted by Crippen LogP contribution is 2.08. The van der Waals surface area contributed by atoms with Gasteiger partial charge in [0.25, 0.3) is 0 Å². The summed E-state index contributed by atoms with van der Waals surface area (Å²) in [5.74, 6) is 0. The summed E-state index contributed by atoms with van der Waals surface area (Å²) < 4.78 is 0. The Hall–Kier alpha value is -0.590. The second kappa shape index (κ2) is 6.00. The lowest BCUT2D eigenvalue weighted by atomic mass is 10.2. The summed E-state index contributed by atoms with van der Waals surface area (Å²) >= 11 is 0. The number of nitrogens with one attached hydrogen (secondary N) is 1. The van der Waals surface area contributed by atoms with Gasteiger partial charge in [-0.3, -0.25) is 0 Å². The maximum atomic E-state index is 8.70. The molecule has 1 fully saturated rings. The van der Waals surface area contributed by atoms with Gasteiger partial charge in [-0.25, -0.2) is 0 Å². The molecule has 0 saturated carbocycles. The minimum Gasteiger partial charge on any atom is -0.309 e. The first-order valence-electron chi connectivity index (χ1n) is 5.61. The number of hydrogen-bond donors (Lipinski definition) is 1. The molecule has 0 aromatic rings. The van der Waals surface area contributed by atoms with E-state index in [9.17, 15) is 0 Å². The van der Waals surface area contributed by atoms with Crippen molar-refractivity contribution in [3.8, 4) is 6.07 Å². The lowest BCUT2D eigenvalue weighted by Gasteiger charge is -2.22. The lowest BCUT2D eigenvalue weighted by molar-refractivity contribution is 0.269. The molecule has 1 saturated heterocycles. The fourth-order valence-corrected chi connectivity index (χ4v) is 2.07. The van der Waals surface area contributed by atoms with Crippen LogP contribution in [-0.2, 0) is 0 Å². The third-order valence-electron chi connectivity index (χ3n) is 2.75. The lowest BCUT2D eigenvalue weighted by Crippen LogP contribution is -2.40. The van der Waals surface area contributed by atoms with Crippen LogP contribution < -0.4 is 5.32 Å². The van der Waals surface area contributed by atoms with E-state index in [4.69, 9.17) is 5.26 Å². The average molecular weight is 195 g/mol. The zero-order chi connectivity index (χ0) is 10.4. The molecule has 0 aromatic carbocycles. The molecule has 1 rings (SSSR count). The molecule has 0 aromatic heterocycles. The summed E-state index contributed by atoms with van der Waals surface area (Å²) in [6, 6.07) is 3.18. The molecule has 3 nitrogen and oxygen atoms in total. The van der Waals surface area contributed by atoms with E-state index in [1.165, 1.54) is 19.4 Å². The molecule has 1 heterocycles. The topological polar surface area (TPSA) is 39.1 Å². The zero-order valence-corrected chi connectivity index (χ0v) is 9.29. The highest BCUT2D eigenvalue weighted by molar-refractivity contribution is 4.87. The van der Waals surface area contributed by atoms with E-state index in [2.05, 4.69) is 30.1 Å². The fraction of sp³-hybridized carbons (Fsp3) is 0.909. The highest BCUT2D eigenvalue weighted by Gasteiger charge is 2.20. The molecule has 80 valence electrons. The van der Waals surface area contributed by atoms with E-state index in [-0.39, 0.29) is 0 Å². The molecule has 1 aliphatic rings. The van der Waals surface area contributed by atoms with Crippen molar-refractivity contribution < 1.29 is 0 Å². The standard InChI is InChI=1S/C11H21N3/c1-3-7-14-8-5-10(2)13-11(9-14)4-6-12/h10-11,13H,3-5,7-9H2,1-2H3. The van der Waals surface area contributed by atoms with E-state index >= 15 is 0 Å². The van der Waals surface area contributed by atoms with Crippen molar-refractivity contribution in [1.29, 1.82) is 5.26 Å². The van der Waals surface area contributed by atoms with Crippen LogP contribution in [0.5, 0.6) is 0 Å². The second-order valence-corrected chi connectivity index (χ2v) is 4.22. The van der Waals surface area contributed by atoms with Crippen molar-refractivity contribution in [3.63, 3.8) is 0 Å². The molecule has 14 heavy (non-hydrogen) atoms. The van der Waals surface area contributed by atoms with Crippen LogP contribution in [0.4, 0.5) is 0 Å². The zero-order valence-electron chi connectivity index (χ0n) is 9.29. The Labute approximate surface area is 87.1 Å². The molecule has 0 amide bonds. The molecular formula is C11H21N3. The van der Waals surface area contributed by atoms with Crippen molar-refractivity contribution in [2.45, 2.75) is 45.2 Å². The van der Waals surface area contributed by atoms with Gasteiger partial charge in [-0.1, -0.05) is 6.92 Å². The largest absolute Gasteiger partial charge is 0.309 e. The summed E-state index contributed by atoms with van der Waals surface area (Å²) in [7, 11) is 0. The minimum absolute atomic E-state index is 0.365. The van der Waals surface area contributed by atoms with Gasteiger partial charge in [-0.05, 0) is 32.9 Å². The monoisotopic (exact) mass is 195 g/mol. The van der Waals surface area contributed by atoms with Crippen molar-refractivity contribution >= 4 is 0 Å². The second-order valence-electron chi connectivity index (χ2n) is 4.22. The van der Waals surface area contributed by atoms with E-state index < -0.39 is 0 Å². The predicted octanol–water partition coefficient (Wildman–Crippen LogP) is 1.36. The average Bonchev–Trinajstić information content (AvgIpc) is 2.30. The van der Waals surface area contributed by atoms with Crippen molar-refractivity contribution in [1.82, 2.24) is 10.2 Å². The molecule has 0 bridgehead atoms. The van der Waals surface area contributed by atoms with E-state index in [0.717, 1.165) is 13.1 Å². The number of hydrogen-bond acceptors (Lipinski definition) is 3. The number of rotatable bonds is 3. The smallest absolute Gasteiger partial charge is 0.0638 e. The third-order valence-corrected chi connectivity index (χ3v) is 2.75. The fourth-order valence-electron chi connectivity index (χ4n) is 2.07. The molecular weight excluding hydrogens is 174 g/mol. The van der Waals surface area contributed by atoms with Gasteiger partial charge in [-0.15, -0.1) is 0 Å². The van der Waals surface area contributed by atoms with Crippen LogP contribution in [0, 0.1) is 11.3 Å². The molecule has 2 atom stereocenters. The van der Waals surface area contributed by atoms with Crippen LogP contribution in [-0.4, -0.2) is 36.6 Å².